The lowest BCUT2D eigenvalue weighted by Gasteiger charge is -2.04. The largest absolute Gasteiger partial charge is 0.276 e. The summed E-state index contributed by atoms with van der Waals surface area (Å²) in [4.78, 5) is 3.40. The molecule has 0 atom stereocenters. The van der Waals surface area contributed by atoms with Crippen molar-refractivity contribution in [3.63, 3.8) is 0 Å². The average molecular weight is 294 g/mol. The summed E-state index contributed by atoms with van der Waals surface area (Å²) in [6.45, 7) is 3.67. The molecule has 1 heterocycles. The smallest absolute Gasteiger partial charge is 0.200 e. The Morgan fingerprint density at radius 3 is 2.47 bits per heavy atom. The van der Waals surface area contributed by atoms with Crippen molar-refractivity contribution >= 4 is 27.1 Å². The number of sulfonamides is 1. The first-order valence-electron chi connectivity index (χ1n) is 5.66. The fourth-order valence-electron chi connectivity index (χ4n) is 1.44. The molecule has 0 aliphatic rings. The Balaban J connectivity index is 2.18. The number of nitrogens with zero attached hydrogens (tertiary/aromatic N) is 1. The molecule has 0 saturated carbocycles. The second-order valence-electron chi connectivity index (χ2n) is 4.08. The number of thiophene rings is 1. The van der Waals surface area contributed by atoms with Gasteiger partial charge >= 0.3 is 0 Å². The van der Waals surface area contributed by atoms with E-state index in [4.69, 9.17) is 0 Å². The Morgan fingerprint density at radius 2 is 1.89 bits per heavy atom. The lowest BCUT2D eigenvalue weighted by atomic mass is 10.2. The van der Waals surface area contributed by atoms with Crippen molar-refractivity contribution in [3.8, 4) is 0 Å². The normalized spacial score (nSPS) is 12.4. The number of hydrogen-bond donors (Lipinski definition) is 1. The summed E-state index contributed by atoms with van der Waals surface area (Å²) in [5, 5.41) is 5.85. The van der Waals surface area contributed by atoms with E-state index in [1.54, 1.807) is 31.2 Å². The third-order valence-corrected chi connectivity index (χ3v) is 4.75. The first kappa shape index (κ1) is 13.8. The molecule has 6 heteroatoms. The van der Waals surface area contributed by atoms with Crippen LogP contribution in [0.25, 0.3) is 0 Å². The first-order valence-corrected chi connectivity index (χ1v) is 8.02. The molecular formula is C13H14N2O2S2. The van der Waals surface area contributed by atoms with E-state index >= 15 is 0 Å². The Bertz CT molecular complexity index is 672. The molecule has 0 spiro atoms. The van der Waals surface area contributed by atoms with Crippen molar-refractivity contribution in [1.29, 1.82) is 0 Å². The zero-order valence-electron chi connectivity index (χ0n) is 10.6. The van der Waals surface area contributed by atoms with E-state index in [-0.39, 0.29) is 4.90 Å². The van der Waals surface area contributed by atoms with Gasteiger partial charge in [-0.15, -0.1) is 11.3 Å². The standard InChI is InChI=1S/C13H14N2O2S2/c1-10-5-7-12(8-6-10)19(16,17)15-14-11(2)13-4-3-9-18-13/h3-9,15H,1-2H3. The highest BCUT2D eigenvalue weighted by Gasteiger charge is 2.12. The van der Waals surface area contributed by atoms with E-state index in [1.807, 2.05) is 24.4 Å². The van der Waals surface area contributed by atoms with Crippen LogP contribution in [0.5, 0.6) is 0 Å². The van der Waals surface area contributed by atoms with Crippen LogP contribution >= 0.6 is 11.3 Å². The molecule has 100 valence electrons. The summed E-state index contributed by atoms with van der Waals surface area (Å²) in [6, 6.07) is 10.4. The average Bonchev–Trinajstić information content (AvgIpc) is 2.90. The molecule has 0 saturated heterocycles. The second-order valence-corrected chi connectivity index (χ2v) is 6.69. The van der Waals surface area contributed by atoms with Crippen LogP contribution in [0, 0.1) is 6.92 Å². The van der Waals surface area contributed by atoms with Gasteiger partial charge in [0.2, 0.25) is 0 Å². The molecule has 19 heavy (non-hydrogen) atoms. The van der Waals surface area contributed by atoms with E-state index in [2.05, 4.69) is 9.93 Å². The van der Waals surface area contributed by atoms with E-state index < -0.39 is 10.0 Å². The predicted octanol–water partition coefficient (Wildman–Crippen LogP) is 2.76. The molecule has 2 rings (SSSR count). The van der Waals surface area contributed by atoms with Crippen molar-refractivity contribution in [2.24, 2.45) is 5.10 Å². The number of rotatable bonds is 4. The van der Waals surface area contributed by atoms with E-state index in [0.29, 0.717) is 5.71 Å². The van der Waals surface area contributed by atoms with E-state index in [9.17, 15) is 8.42 Å². The quantitative estimate of drug-likeness (QED) is 0.696. The van der Waals surface area contributed by atoms with Crippen molar-refractivity contribution in [2.75, 3.05) is 0 Å². The Hall–Kier alpha value is -1.66. The molecule has 0 aliphatic heterocycles. The van der Waals surface area contributed by atoms with Crippen LogP contribution in [0.3, 0.4) is 0 Å². The number of nitrogens with one attached hydrogen (secondary N) is 1. The summed E-state index contributed by atoms with van der Waals surface area (Å²) in [5.41, 5.74) is 1.66. The van der Waals surface area contributed by atoms with Crippen molar-refractivity contribution in [2.45, 2.75) is 18.7 Å². The molecule has 1 N–H and O–H groups in total. The molecule has 0 bridgehead atoms. The van der Waals surface area contributed by atoms with Crippen LogP contribution in [0.2, 0.25) is 0 Å². The van der Waals surface area contributed by atoms with Crippen LogP contribution in [0.4, 0.5) is 0 Å². The van der Waals surface area contributed by atoms with Gasteiger partial charge in [0, 0.05) is 0 Å². The lowest BCUT2D eigenvalue weighted by Crippen LogP contribution is -2.19. The number of aryl methyl sites for hydroxylation is 1. The van der Waals surface area contributed by atoms with Gasteiger partial charge in [-0.1, -0.05) is 23.8 Å². The first-order chi connectivity index (χ1) is 8.99. The molecule has 1 aromatic carbocycles. The van der Waals surface area contributed by atoms with Crippen LogP contribution in [0.1, 0.15) is 17.4 Å². The minimum absolute atomic E-state index is 0.209. The monoisotopic (exact) mass is 294 g/mol. The van der Waals surface area contributed by atoms with E-state index in [0.717, 1.165) is 10.4 Å². The predicted molar refractivity (Wildman–Crippen MR) is 78.0 cm³/mol. The molecule has 0 aliphatic carbocycles. The van der Waals surface area contributed by atoms with Crippen molar-refractivity contribution in [3.05, 3.63) is 52.2 Å². The van der Waals surface area contributed by atoms with Gasteiger partial charge in [-0.05, 0) is 37.4 Å². The molecule has 4 nitrogen and oxygen atoms in total. The second kappa shape index (κ2) is 5.54. The minimum Gasteiger partial charge on any atom is -0.200 e. The minimum atomic E-state index is -3.60. The fraction of sp³-hybridized carbons (Fsp3) is 0.154. The van der Waals surface area contributed by atoms with Crippen LogP contribution < -0.4 is 4.83 Å². The van der Waals surface area contributed by atoms with E-state index in [1.165, 1.54) is 11.3 Å². The summed E-state index contributed by atoms with van der Waals surface area (Å²) in [7, 11) is -3.60. The van der Waals surface area contributed by atoms with Crippen molar-refractivity contribution in [1.82, 2.24) is 4.83 Å². The van der Waals surface area contributed by atoms with Gasteiger partial charge in [-0.2, -0.15) is 18.4 Å². The van der Waals surface area contributed by atoms with Gasteiger partial charge in [0.05, 0.1) is 15.5 Å². The molecule has 0 unspecified atom stereocenters. The van der Waals surface area contributed by atoms with Crippen molar-refractivity contribution < 1.29 is 8.42 Å². The number of hydrazone groups is 1. The highest BCUT2D eigenvalue weighted by atomic mass is 32.2. The maximum absolute atomic E-state index is 12.0. The molecule has 0 fully saturated rings. The van der Waals surface area contributed by atoms with Crippen LogP contribution in [-0.4, -0.2) is 14.1 Å². The maximum Gasteiger partial charge on any atom is 0.276 e. The van der Waals surface area contributed by atoms with Gasteiger partial charge in [-0.25, -0.2) is 0 Å². The Labute approximate surface area is 116 Å². The van der Waals surface area contributed by atoms with Gasteiger partial charge in [0.25, 0.3) is 10.0 Å². The van der Waals surface area contributed by atoms with Gasteiger partial charge < -0.3 is 0 Å². The summed E-state index contributed by atoms with van der Waals surface area (Å²) < 4.78 is 24.0. The Morgan fingerprint density at radius 1 is 1.21 bits per heavy atom. The highest BCUT2D eigenvalue weighted by molar-refractivity contribution is 7.89. The van der Waals surface area contributed by atoms with Gasteiger partial charge in [-0.3, -0.25) is 0 Å². The van der Waals surface area contributed by atoms with Gasteiger partial charge in [0.1, 0.15) is 0 Å². The molecule has 2 aromatic rings. The molecule has 0 amide bonds. The Kier molecular flexibility index (Phi) is 4.01. The maximum atomic E-state index is 12.0. The summed E-state index contributed by atoms with van der Waals surface area (Å²) in [5.74, 6) is 0. The highest BCUT2D eigenvalue weighted by Crippen LogP contribution is 2.12. The van der Waals surface area contributed by atoms with Crippen LogP contribution in [0.15, 0.2) is 51.8 Å². The zero-order chi connectivity index (χ0) is 13.9. The van der Waals surface area contributed by atoms with Crippen LogP contribution in [-0.2, 0) is 10.0 Å². The lowest BCUT2D eigenvalue weighted by molar-refractivity contribution is 0.584. The SMILES string of the molecule is CC(=NNS(=O)(=O)c1ccc(C)cc1)c1cccs1. The molecule has 1 aromatic heterocycles. The molecular weight excluding hydrogens is 280 g/mol. The molecule has 0 radical (unpaired) electrons. The third kappa shape index (κ3) is 3.42. The number of benzene rings is 1. The number of hydrogen-bond acceptors (Lipinski definition) is 4. The fourth-order valence-corrected chi connectivity index (χ4v) is 2.97. The van der Waals surface area contributed by atoms with Gasteiger partial charge in [0.15, 0.2) is 0 Å². The third-order valence-electron chi connectivity index (χ3n) is 2.54. The summed E-state index contributed by atoms with van der Waals surface area (Å²) in [6.07, 6.45) is 0. The summed E-state index contributed by atoms with van der Waals surface area (Å²) >= 11 is 1.51. The zero-order valence-corrected chi connectivity index (χ0v) is 12.3. The topological polar surface area (TPSA) is 58.5 Å².